The highest BCUT2D eigenvalue weighted by atomic mass is 16.5. The molecule has 0 spiro atoms. The third-order valence-corrected chi connectivity index (χ3v) is 1.63. The summed E-state index contributed by atoms with van der Waals surface area (Å²) >= 11 is 0. The van der Waals surface area contributed by atoms with Gasteiger partial charge in [-0.25, -0.2) is 4.79 Å². The first-order valence-corrected chi connectivity index (χ1v) is 3.45. The molecule has 0 radical (unpaired) electrons. The summed E-state index contributed by atoms with van der Waals surface area (Å²) in [6, 6.07) is 3.70. The van der Waals surface area contributed by atoms with E-state index in [1.165, 1.54) is 0 Å². The van der Waals surface area contributed by atoms with Crippen LogP contribution in [0.4, 0.5) is 0 Å². The molecule has 0 fully saturated rings. The fraction of sp³-hybridized carbons (Fsp3) is 0.143. The van der Waals surface area contributed by atoms with Gasteiger partial charge in [0.1, 0.15) is 0 Å². The van der Waals surface area contributed by atoms with Crippen molar-refractivity contribution < 1.29 is 4.52 Å². The molecular formula is C7H7N3O2. The molecule has 0 saturated heterocycles. The van der Waals surface area contributed by atoms with Crippen molar-refractivity contribution in [1.82, 2.24) is 14.7 Å². The van der Waals surface area contributed by atoms with Crippen molar-refractivity contribution in [1.29, 1.82) is 0 Å². The van der Waals surface area contributed by atoms with Crippen LogP contribution in [0.15, 0.2) is 27.6 Å². The Balaban J connectivity index is 2.57. The van der Waals surface area contributed by atoms with Crippen LogP contribution in [0.2, 0.25) is 0 Å². The maximum atomic E-state index is 10.6. The molecule has 0 aromatic carbocycles. The smallest absolute Gasteiger partial charge is 0.348 e. The van der Waals surface area contributed by atoms with E-state index in [4.69, 9.17) is 0 Å². The second kappa shape index (κ2) is 2.37. The van der Waals surface area contributed by atoms with Crippen LogP contribution in [0.25, 0.3) is 11.5 Å². The molecule has 1 N–H and O–H groups in total. The van der Waals surface area contributed by atoms with Crippen molar-refractivity contribution in [3.8, 4) is 11.5 Å². The number of rotatable bonds is 1. The normalized spacial score (nSPS) is 10.4. The van der Waals surface area contributed by atoms with Crippen LogP contribution in [-0.4, -0.2) is 14.7 Å². The van der Waals surface area contributed by atoms with Crippen LogP contribution in [0.3, 0.4) is 0 Å². The lowest BCUT2D eigenvalue weighted by Gasteiger charge is -1.94. The maximum absolute atomic E-state index is 10.6. The molecule has 0 amide bonds. The molecule has 0 bridgehead atoms. The zero-order valence-electron chi connectivity index (χ0n) is 6.44. The molecule has 5 heteroatoms. The molecule has 2 heterocycles. The van der Waals surface area contributed by atoms with Gasteiger partial charge < -0.3 is 4.57 Å². The molecule has 2 rings (SSSR count). The van der Waals surface area contributed by atoms with Gasteiger partial charge in [-0.2, -0.15) is 0 Å². The van der Waals surface area contributed by atoms with Crippen LogP contribution in [0, 0.1) is 0 Å². The monoisotopic (exact) mass is 165 g/mol. The summed E-state index contributed by atoms with van der Waals surface area (Å²) in [7, 11) is 1.86. The Morgan fingerprint density at radius 1 is 1.67 bits per heavy atom. The van der Waals surface area contributed by atoms with Gasteiger partial charge in [-0.1, -0.05) is 5.16 Å². The minimum Gasteiger partial charge on any atom is -0.348 e. The fourth-order valence-corrected chi connectivity index (χ4v) is 1.05. The molecule has 0 aliphatic carbocycles. The fourth-order valence-electron chi connectivity index (χ4n) is 1.05. The van der Waals surface area contributed by atoms with Crippen LogP contribution in [0.5, 0.6) is 0 Å². The van der Waals surface area contributed by atoms with Gasteiger partial charge in [0.25, 0.3) is 0 Å². The van der Waals surface area contributed by atoms with Crippen molar-refractivity contribution in [2.75, 3.05) is 0 Å². The molecule has 0 aliphatic rings. The largest absolute Gasteiger partial charge is 0.439 e. The lowest BCUT2D eigenvalue weighted by molar-refractivity contribution is 0.387. The molecule has 5 nitrogen and oxygen atoms in total. The predicted molar refractivity (Wildman–Crippen MR) is 41.5 cm³/mol. The molecule has 0 aliphatic heterocycles. The summed E-state index contributed by atoms with van der Waals surface area (Å²) in [6.45, 7) is 0. The first-order valence-electron chi connectivity index (χ1n) is 3.45. The Kier molecular flexibility index (Phi) is 1.36. The summed E-state index contributed by atoms with van der Waals surface area (Å²) in [4.78, 5) is 13.1. The van der Waals surface area contributed by atoms with E-state index < -0.39 is 5.76 Å². The number of nitrogens with one attached hydrogen (secondary N) is 1. The molecular weight excluding hydrogens is 158 g/mol. The summed E-state index contributed by atoms with van der Waals surface area (Å²) in [6.07, 6.45) is 1.86. The van der Waals surface area contributed by atoms with E-state index in [0.717, 1.165) is 5.69 Å². The third kappa shape index (κ3) is 0.952. The van der Waals surface area contributed by atoms with Gasteiger partial charge in [0.2, 0.25) is 0 Å². The molecule has 0 atom stereocenters. The van der Waals surface area contributed by atoms with E-state index in [1.54, 1.807) is 0 Å². The highest BCUT2D eigenvalue weighted by Gasteiger charge is 2.05. The van der Waals surface area contributed by atoms with Crippen LogP contribution < -0.4 is 5.76 Å². The molecule has 62 valence electrons. The van der Waals surface area contributed by atoms with E-state index >= 15 is 0 Å². The number of aryl methyl sites for hydroxylation is 1. The highest BCUT2D eigenvalue weighted by Crippen LogP contribution is 2.11. The number of H-pyrrole nitrogens is 1. The number of nitrogens with zero attached hydrogens (tertiary/aromatic N) is 2. The number of aromatic nitrogens is 3. The number of hydrogen-bond acceptors (Lipinski definition) is 3. The zero-order chi connectivity index (χ0) is 8.55. The van der Waals surface area contributed by atoms with Crippen LogP contribution in [0.1, 0.15) is 0 Å². The molecule has 0 unspecified atom stereocenters. The summed E-state index contributed by atoms with van der Waals surface area (Å²) in [5.74, 6) is -0.0845. The first-order chi connectivity index (χ1) is 5.77. The van der Waals surface area contributed by atoms with Gasteiger partial charge in [0, 0.05) is 13.2 Å². The molecule has 0 saturated carbocycles. The van der Waals surface area contributed by atoms with Gasteiger partial charge >= 0.3 is 5.76 Å². The van der Waals surface area contributed by atoms with Crippen molar-refractivity contribution in [3.63, 3.8) is 0 Å². The minimum atomic E-state index is -0.536. The van der Waals surface area contributed by atoms with E-state index in [9.17, 15) is 4.79 Å². The maximum Gasteiger partial charge on any atom is 0.439 e. The third-order valence-electron chi connectivity index (χ3n) is 1.63. The van der Waals surface area contributed by atoms with Gasteiger partial charge in [0.15, 0.2) is 5.82 Å². The first kappa shape index (κ1) is 6.90. The van der Waals surface area contributed by atoms with E-state index in [1.807, 2.05) is 29.9 Å². The standard InChI is InChI=1S/C7H7N3O2/c1-10-4-2-3-5(10)6-8-7(11)12-9-6/h2-4H,1H3,(H,8,9,11). The van der Waals surface area contributed by atoms with Crippen molar-refractivity contribution in [3.05, 3.63) is 28.9 Å². The van der Waals surface area contributed by atoms with Gasteiger partial charge in [-0.15, -0.1) is 0 Å². The Labute approximate surface area is 67.6 Å². The van der Waals surface area contributed by atoms with E-state index in [-0.39, 0.29) is 0 Å². The second-order valence-electron chi connectivity index (χ2n) is 2.45. The Bertz CT molecular complexity index is 437. The Morgan fingerprint density at radius 3 is 3.00 bits per heavy atom. The number of aromatic amines is 1. The SMILES string of the molecule is Cn1cccc1-c1noc(=O)[nH]1. The Morgan fingerprint density at radius 2 is 2.50 bits per heavy atom. The zero-order valence-corrected chi connectivity index (χ0v) is 6.44. The molecule has 2 aromatic rings. The minimum absolute atomic E-state index is 0.451. The lowest BCUT2D eigenvalue weighted by Crippen LogP contribution is -1.96. The summed E-state index contributed by atoms with van der Waals surface area (Å²) < 4.78 is 6.21. The topological polar surface area (TPSA) is 63.8 Å². The van der Waals surface area contributed by atoms with Crippen LogP contribution >= 0.6 is 0 Å². The van der Waals surface area contributed by atoms with Crippen molar-refractivity contribution in [2.24, 2.45) is 7.05 Å². The van der Waals surface area contributed by atoms with E-state index in [0.29, 0.717) is 5.82 Å². The van der Waals surface area contributed by atoms with Gasteiger partial charge in [-0.05, 0) is 12.1 Å². The quantitative estimate of drug-likeness (QED) is 0.663. The summed E-state index contributed by atoms with van der Waals surface area (Å²) in [5.41, 5.74) is 0.820. The summed E-state index contributed by atoms with van der Waals surface area (Å²) in [5, 5.41) is 3.56. The van der Waals surface area contributed by atoms with E-state index in [2.05, 4.69) is 14.7 Å². The second-order valence-corrected chi connectivity index (χ2v) is 2.45. The van der Waals surface area contributed by atoms with Gasteiger partial charge in [0.05, 0.1) is 5.69 Å². The van der Waals surface area contributed by atoms with Crippen molar-refractivity contribution >= 4 is 0 Å². The highest BCUT2D eigenvalue weighted by molar-refractivity contribution is 5.48. The predicted octanol–water partition coefficient (Wildman–Crippen LogP) is 0.368. The van der Waals surface area contributed by atoms with Crippen LogP contribution in [-0.2, 0) is 7.05 Å². The number of hydrogen-bond donors (Lipinski definition) is 1. The molecule has 12 heavy (non-hydrogen) atoms. The Hall–Kier alpha value is -1.78. The average Bonchev–Trinajstić information content (AvgIpc) is 2.58. The van der Waals surface area contributed by atoms with Crippen molar-refractivity contribution in [2.45, 2.75) is 0 Å². The molecule has 2 aromatic heterocycles. The average molecular weight is 165 g/mol. The lowest BCUT2D eigenvalue weighted by atomic mass is 10.4. The van der Waals surface area contributed by atoms with Gasteiger partial charge in [-0.3, -0.25) is 9.51 Å².